The number of halogens is 1. The van der Waals surface area contributed by atoms with E-state index in [9.17, 15) is 17.6 Å². The monoisotopic (exact) mass is 452 g/mol. The van der Waals surface area contributed by atoms with Gasteiger partial charge in [0, 0.05) is 13.1 Å². The van der Waals surface area contributed by atoms with Crippen LogP contribution in [0.2, 0.25) is 0 Å². The van der Waals surface area contributed by atoms with Gasteiger partial charge in [0.25, 0.3) is 0 Å². The molecule has 0 fully saturated rings. The molecule has 0 spiro atoms. The van der Waals surface area contributed by atoms with Gasteiger partial charge in [-0.25, -0.2) is 12.8 Å². The van der Waals surface area contributed by atoms with Crippen molar-refractivity contribution in [3.63, 3.8) is 0 Å². The zero-order chi connectivity index (χ0) is 22.7. The maximum Gasteiger partial charge on any atom is 0.247 e. The number of benzene rings is 3. The van der Waals surface area contributed by atoms with Gasteiger partial charge < -0.3 is 5.32 Å². The molecule has 0 aromatic heterocycles. The van der Waals surface area contributed by atoms with Gasteiger partial charge in [-0.1, -0.05) is 73.7 Å². The third-order valence-electron chi connectivity index (χ3n) is 5.88. The average molecular weight is 453 g/mol. The number of hydrogen-bond donors (Lipinski definition) is 1. The van der Waals surface area contributed by atoms with E-state index < -0.39 is 26.8 Å². The van der Waals surface area contributed by atoms with Crippen molar-refractivity contribution in [2.75, 3.05) is 6.54 Å². The fourth-order valence-electron chi connectivity index (χ4n) is 4.03. The first-order valence-corrected chi connectivity index (χ1v) is 12.0. The molecule has 4 rings (SSSR count). The van der Waals surface area contributed by atoms with Gasteiger partial charge >= 0.3 is 0 Å². The van der Waals surface area contributed by atoms with E-state index in [1.54, 1.807) is 0 Å². The predicted molar refractivity (Wildman–Crippen MR) is 121 cm³/mol. The van der Waals surface area contributed by atoms with Crippen LogP contribution in [-0.2, 0) is 27.8 Å². The van der Waals surface area contributed by atoms with Gasteiger partial charge in [0.15, 0.2) is 0 Å². The molecule has 1 aliphatic heterocycles. The molecule has 3 aromatic carbocycles. The van der Waals surface area contributed by atoms with E-state index in [4.69, 9.17) is 0 Å². The Morgan fingerprint density at radius 3 is 2.34 bits per heavy atom. The van der Waals surface area contributed by atoms with E-state index in [1.165, 1.54) is 18.2 Å². The van der Waals surface area contributed by atoms with Crippen LogP contribution in [0, 0.1) is 5.82 Å². The van der Waals surface area contributed by atoms with Crippen molar-refractivity contribution in [1.29, 1.82) is 0 Å². The largest absolute Gasteiger partial charge is 0.354 e. The lowest BCUT2D eigenvalue weighted by Gasteiger charge is -2.35. The van der Waals surface area contributed by atoms with Crippen molar-refractivity contribution in [2.45, 2.75) is 36.7 Å². The van der Waals surface area contributed by atoms with Gasteiger partial charge in [-0.05, 0) is 41.2 Å². The van der Waals surface area contributed by atoms with E-state index in [-0.39, 0.29) is 24.8 Å². The Hall–Kier alpha value is -3.03. The molecule has 0 saturated heterocycles. The molecule has 1 N–H and O–H groups in total. The lowest BCUT2D eigenvalue weighted by molar-refractivity contribution is -0.125. The highest BCUT2D eigenvalue weighted by Gasteiger charge is 2.40. The minimum absolute atomic E-state index is 0.0131. The predicted octanol–water partition coefficient (Wildman–Crippen LogP) is 3.86. The van der Waals surface area contributed by atoms with Gasteiger partial charge in [0.05, 0.1) is 0 Å². The van der Waals surface area contributed by atoms with Crippen LogP contribution in [0.5, 0.6) is 0 Å². The van der Waals surface area contributed by atoms with Crippen LogP contribution in [0.25, 0.3) is 0 Å². The Morgan fingerprint density at radius 1 is 1.00 bits per heavy atom. The molecular weight excluding hydrogens is 427 g/mol. The van der Waals surface area contributed by atoms with E-state index in [0.29, 0.717) is 6.54 Å². The molecule has 5 nitrogen and oxygen atoms in total. The second kappa shape index (κ2) is 9.22. The quantitative estimate of drug-likeness (QED) is 0.618. The topological polar surface area (TPSA) is 66.5 Å². The van der Waals surface area contributed by atoms with Crippen LogP contribution in [-0.4, -0.2) is 31.2 Å². The second-order valence-electron chi connectivity index (χ2n) is 8.03. The summed E-state index contributed by atoms with van der Waals surface area (Å²) in [7, 11) is -4.22. The summed E-state index contributed by atoms with van der Waals surface area (Å²) >= 11 is 0. The maximum absolute atomic E-state index is 14.4. The fraction of sp³-hybridized carbons (Fsp3) is 0.240. The number of rotatable bonds is 6. The van der Waals surface area contributed by atoms with Crippen LogP contribution in [0.4, 0.5) is 4.39 Å². The van der Waals surface area contributed by atoms with Crippen molar-refractivity contribution in [3.8, 4) is 0 Å². The highest BCUT2D eigenvalue weighted by atomic mass is 32.2. The number of carbonyl (C=O) groups excluding carboxylic acids is 1. The third-order valence-corrected chi connectivity index (χ3v) is 7.77. The molecule has 0 bridgehead atoms. The number of nitrogens with one attached hydrogen (secondary N) is 1. The first kappa shape index (κ1) is 22.2. The van der Waals surface area contributed by atoms with Gasteiger partial charge in [0.2, 0.25) is 15.9 Å². The molecule has 32 heavy (non-hydrogen) atoms. The van der Waals surface area contributed by atoms with E-state index in [2.05, 4.69) is 5.32 Å². The Morgan fingerprint density at radius 2 is 1.62 bits per heavy atom. The molecule has 166 valence electrons. The zero-order valence-corrected chi connectivity index (χ0v) is 18.6. The highest BCUT2D eigenvalue weighted by Crippen LogP contribution is 2.30. The van der Waals surface area contributed by atoms with Crippen LogP contribution in [0.3, 0.4) is 0 Å². The first-order chi connectivity index (χ1) is 15.4. The summed E-state index contributed by atoms with van der Waals surface area (Å²) < 4.78 is 42.3. The summed E-state index contributed by atoms with van der Waals surface area (Å²) in [4.78, 5) is 12.8. The number of fused-ring (bicyclic) bond motifs is 1. The number of sulfonamides is 1. The Kier molecular flexibility index (Phi) is 6.39. The van der Waals surface area contributed by atoms with Crippen LogP contribution >= 0.6 is 0 Å². The summed E-state index contributed by atoms with van der Waals surface area (Å²) in [6.45, 7) is 2.38. The average Bonchev–Trinajstić information content (AvgIpc) is 2.82. The summed E-state index contributed by atoms with van der Waals surface area (Å²) in [5.74, 6) is -1.15. The summed E-state index contributed by atoms with van der Waals surface area (Å²) in [5.41, 5.74) is 2.82. The minimum atomic E-state index is -4.22. The van der Waals surface area contributed by atoms with Crippen LogP contribution < -0.4 is 5.32 Å². The SMILES string of the molecule is C[C@@H](CNC(=O)[C@H]1Cc2ccccc2CN1S(=O)(=O)c1ccccc1F)c1ccccc1. The molecular formula is C25H25FN2O3S. The Bertz CT molecular complexity index is 1210. The summed E-state index contributed by atoms with van der Waals surface area (Å²) in [5, 5.41) is 2.91. The summed E-state index contributed by atoms with van der Waals surface area (Å²) in [6.07, 6.45) is 0.232. The zero-order valence-electron chi connectivity index (χ0n) is 17.7. The first-order valence-electron chi connectivity index (χ1n) is 10.5. The van der Waals surface area contributed by atoms with Gasteiger partial charge in [0.1, 0.15) is 16.8 Å². The normalized spacial score (nSPS) is 17.4. The van der Waals surface area contributed by atoms with Crippen LogP contribution in [0.15, 0.2) is 83.8 Å². The summed E-state index contributed by atoms with van der Waals surface area (Å²) in [6, 6.07) is 21.5. The number of carbonyl (C=O) groups is 1. The van der Waals surface area contributed by atoms with Crippen LogP contribution in [0.1, 0.15) is 29.5 Å². The van der Waals surface area contributed by atoms with E-state index in [0.717, 1.165) is 27.1 Å². The Labute approximate surface area is 187 Å². The number of hydrogen-bond acceptors (Lipinski definition) is 3. The Balaban J connectivity index is 1.62. The standard InChI is InChI=1S/C25H25FN2O3S/c1-18(19-9-3-2-4-10-19)16-27-25(29)23-15-20-11-5-6-12-21(20)17-28(23)32(30,31)24-14-8-7-13-22(24)26/h2-14,18,23H,15-17H2,1H3,(H,27,29)/t18-,23+/m0/s1. The second-order valence-corrected chi connectivity index (χ2v) is 9.89. The molecule has 1 aliphatic rings. The van der Waals surface area contributed by atoms with Gasteiger partial charge in [-0.15, -0.1) is 0 Å². The van der Waals surface area contributed by atoms with Crippen molar-refractivity contribution in [2.24, 2.45) is 0 Å². The van der Waals surface area contributed by atoms with Gasteiger partial charge in [-0.3, -0.25) is 4.79 Å². The molecule has 7 heteroatoms. The maximum atomic E-state index is 14.4. The molecule has 0 radical (unpaired) electrons. The minimum Gasteiger partial charge on any atom is -0.354 e. The number of amides is 1. The molecule has 0 aliphatic carbocycles. The highest BCUT2D eigenvalue weighted by molar-refractivity contribution is 7.89. The molecule has 3 aromatic rings. The number of nitrogens with zero attached hydrogens (tertiary/aromatic N) is 1. The van der Waals surface area contributed by atoms with Crippen molar-refractivity contribution in [3.05, 3.63) is 101 Å². The van der Waals surface area contributed by atoms with Gasteiger partial charge in [-0.2, -0.15) is 4.31 Å². The van der Waals surface area contributed by atoms with E-state index >= 15 is 0 Å². The van der Waals surface area contributed by atoms with Crippen molar-refractivity contribution >= 4 is 15.9 Å². The fourth-order valence-corrected chi connectivity index (χ4v) is 5.66. The van der Waals surface area contributed by atoms with E-state index in [1.807, 2.05) is 61.5 Å². The third kappa shape index (κ3) is 4.45. The molecule has 1 amide bonds. The molecule has 1 heterocycles. The van der Waals surface area contributed by atoms with Crippen molar-refractivity contribution in [1.82, 2.24) is 9.62 Å². The molecule has 2 atom stereocenters. The van der Waals surface area contributed by atoms with Crippen molar-refractivity contribution < 1.29 is 17.6 Å². The molecule has 0 saturated carbocycles. The smallest absolute Gasteiger partial charge is 0.247 e. The lowest BCUT2D eigenvalue weighted by atomic mass is 9.95. The molecule has 0 unspecified atom stereocenters. The lowest BCUT2D eigenvalue weighted by Crippen LogP contribution is -2.53.